The van der Waals surface area contributed by atoms with Crippen LogP contribution in [0.1, 0.15) is 38.5 Å². The molecule has 2 atom stereocenters. The van der Waals surface area contributed by atoms with Crippen LogP contribution in [0.5, 0.6) is 0 Å². The summed E-state index contributed by atoms with van der Waals surface area (Å²) < 4.78 is 0. The molecule has 1 amide bonds. The largest absolute Gasteiger partial charge is 0.368 e. The lowest BCUT2D eigenvalue weighted by molar-refractivity contribution is -0.129. The van der Waals surface area contributed by atoms with Crippen molar-refractivity contribution in [3.05, 3.63) is 0 Å². The van der Waals surface area contributed by atoms with E-state index in [0.29, 0.717) is 12.2 Å². The van der Waals surface area contributed by atoms with Crippen molar-refractivity contribution in [2.75, 3.05) is 6.54 Å². The molecule has 0 aromatic carbocycles. The van der Waals surface area contributed by atoms with Crippen molar-refractivity contribution >= 4 is 11.7 Å². The first-order valence-electron chi connectivity index (χ1n) is 5.78. The molecule has 1 heterocycles. The fourth-order valence-corrected chi connectivity index (χ4v) is 2.78. The lowest BCUT2D eigenvalue weighted by atomic mass is 9.92. The van der Waals surface area contributed by atoms with Crippen LogP contribution in [0.2, 0.25) is 0 Å². The van der Waals surface area contributed by atoms with Crippen LogP contribution in [0.3, 0.4) is 0 Å². The highest BCUT2D eigenvalue weighted by molar-refractivity contribution is 5.86. The van der Waals surface area contributed by atoms with E-state index in [9.17, 15) is 9.59 Å². The molecule has 2 aliphatic rings. The fraction of sp³-hybridized carbons (Fsp3) is 0.818. The molecule has 2 N–H and O–H groups in total. The Hall–Kier alpha value is -0.900. The molecule has 1 aliphatic carbocycles. The number of likely N-dealkylation sites (tertiary alicyclic amines) is 1. The normalized spacial score (nSPS) is 33.2. The van der Waals surface area contributed by atoms with Gasteiger partial charge in [-0.25, -0.2) is 0 Å². The van der Waals surface area contributed by atoms with Gasteiger partial charge in [0.25, 0.3) is 0 Å². The number of nitrogens with two attached hydrogens (primary N) is 1. The Morgan fingerprint density at radius 3 is 2.73 bits per heavy atom. The van der Waals surface area contributed by atoms with Crippen LogP contribution in [-0.2, 0) is 9.59 Å². The minimum absolute atomic E-state index is 0.0289. The first-order valence-corrected chi connectivity index (χ1v) is 5.78. The Balaban J connectivity index is 2.07. The molecule has 0 aromatic heterocycles. The van der Waals surface area contributed by atoms with Crippen molar-refractivity contribution in [3.8, 4) is 0 Å². The molecule has 0 bridgehead atoms. The molecule has 15 heavy (non-hydrogen) atoms. The maximum atomic E-state index is 11.8. The summed E-state index contributed by atoms with van der Waals surface area (Å²) in [5, 5.41) is 0. The maximum absolute atomic E-state index is 11.8. The Kier molecular flexibility index (Phi) is 3.05. The summed E-state index contributed by atoms with van der Waals surface area (Å²) >= 11 is 0. The van der Waals surface area contributed by atoms with Gasteiger partial charge < -0.3 is 5.73 Å². The summed E-state index contributed by atoms with van der Waals surface area (Å²) in [5.41, 5.74) is 5.35. The molecule has 2 fully saturated rings. The van der Waals surface area contributed by atoms with Gasteiger partial charge in [-0.3, -0.25) is 14.5 Å². The molecule has 0 aromatic rings. The number of carbonyl (C=O) groups is 2. The third-order valence-corrected chi connectivity index (χ3v) is 3.55. The van der Waals surface area contributed by atoms with Gasteiger partial charge in [0.1, 0.15) is 5.78 Å². The van der Waals surface area contributed by atoms with E-state index >= 15 is 0 Å². The van der Waals surface area contributed by atoms with E-state index in [1.807, 2.05) is 4.90 Å². The van der Waals surface area contributed by atoms with E-state index in [4.69, 9.17) is 5.73 Å². The van der Waals surface area contributed by atoms with Crippen molar-refractivity contribution < 1.29 is 9.59 Å². The average Bonchev–Trinajstić information content (AvgIpc) is 2.67. The van der Waals surface area contributed by atoms with E-state index in [-0.39, 0.29) is 18.0 Å². The van der Waals surface area contributed by atoms with Gasteiger partial charge in [-0.2, -0.15) is 0 Å². The molecule has 0 radical (unpaired) electrons. The number of carbonyl (C=O) groups excluding carboxylic acids is 2. The predicted molar refractivity (Wildman–Crippen MR) is 56.2 cm³/mol. The molecule has 0 spiro atoms. The molecule has 1 saturated heterocycles. The average molecular weight is 210 g/mol. The molecule has 2 unspecified atom stereocenters. The number of rotatable bonds is 2. The highest BCUT2D eigenvalue weighted by Gasteiger charge is 2.37. The molecule has 1 saturated carbocycles. The zero-order chi connectivity index (χ0) is 10.8. The third kappa shape index (κ3) is 2.04. The Labute approximate surface area is 89.8 Å². The zero-order valence-corrected chi connectivity index (χ0v) is 8.95. The highest BCUT2D eigenvalue weighted by Crippen LogP contribution is 2.27. The van der Waals surface area contributed by atoms with Crippen LogP contribution in [-0.4, -0.2) is 35.2 Å². The number of hydrogen-bond donors (Lipinski definition) is 1. The molecule has 2 rings (SSSR count). The topological polar surface area (TPSA) is 63.4 Å². The Morgan fingerprint density at radius 1 is 1.27 bits per heavy atom. The minimum Gasteiger partial charge on any atom is -0.368 e. The smallest absolute Gasteiger partial charge is 0.234 e. The van der Waals surface area contributed by atoms with Gasteiger partial charge in [-0.05, 0) is 32.2 Å². The standard InChI is InChI=1S/C11H18N2O2/c12-11(15)9-5-3-7-13(9)8-4-1-2-6-10(8)14/h8-9H,1-7H2,(H2,12,15). The predicted octanol–water partition coefficient (Wildman–Crippen LogP) is 0.448. The first-order chi connectivity index (χ1) is 7.20. The SMILES string of the molecule is NC(=O)C1CCCN1C1CCCCC1=O. The number of Topliss-reactive ketones (excluding diaryl/α,β-unsaturated/α-hetero) is 1. The van der Waals surface area contributed by atoms with Crippen molar-refractivity contribution in [1.29, 1.82) is 0 Å². The maximum Gasteiger partial charge on any atom is 0.234 e. The van der Waals surface area contributed by atoms with Crippen LogP contribution in [0.15, 0.2) is 0 Å². The number of nitrogens with zero attached hydrogens (tertiary/aromatic N) is 1. The van der Waals surface area contributed by atoms with E-state index in [1.54, 1.807) is 0 Å². The lowest BCUT2D eigenvalue weighted by Gasteiger charge is -2.32. The van der Waals surface area contributed by atoms with E-state index in [2.05, 4.69) is 0 Å². The first kappa shape index (κ1) is 10.6. The summed E-state index contributed by atoms with van der Waals surface area (Å²) in [4.78, 5) is 25.0. The minimum atomic E-state index is -0.272. The fourth-order valence-electron chi connectivity index (χ4n) is 2.78. The van der Waals surface area contributed by atoms with Crippen LogP contribution in [0.4, 0.5) is 0 Å². The van der Waals surface area contributed by atoms with Crippen LogP contribution < -0.4 is 5.73 Å². The van der Waals surface area contributed by atoms with Gasteiger partial charge in [0.05, 0.1) is 12.1 Å². The number of primary amides is 1. The Morgan fingerprint density at radius 2 is 2.07 bits per heavy atom. The highest BCUT2D eigenvalue weighted by atomic mass is 16.1. The number of amides is 1. The molecule has 1 aliphatic heterocycles. The van der Waals surface area contributed by atoms with Gasteiger partial charge in [0, 0.05) is 6.42 Å². The van der Waals surface area contributed by atoms with Crippen molar-refractivity contribution in [2.45, 2.75) is 50.6 Å². The second-order valence-corrected chi connectivity index (χ2v) is 4.53. The van der Waals surface area contributed by atoms with Crippen molar-refractivity contribution in [1.82, 2.24) is 4.90 Å². The van der Waals surface area contributed by atoms with Gasteiger partial charge in [0.15, 0.2) is 0 Å². The van der Waals surface area contributed by atoms with Crippen LogP contribution in [0, 0.1) is 0 Å². The number of hydrogen-bond acceptors (Lipinski definition) is 3. The summed E-state index contributed by atoms with van der Waals surface area (Å²) in [5.74, 6) is 0.0280. The van der Waals surface area contributed by atoms with E-state index in [1.165, 1.54) is 0 Å². The van der Waals surface area contributed by atoms with E-state index in [0.717, 1.165) is 38.6 Å². The van der Waals surface area contributed by atoms with Crippen LogP contribution >= 0.6 is 0 Å². The monoisotopic (exact) mass is 210 g/mol. The molecular formula is C11H18N2O2. The Bertz CT molecular complexity index is 278. The quantitative estimate of drug-likeness (QED) is 0.719. The molecular weight excluding hydrogens is 192 g/mol. The second kappa shape index (κ2) is 4.31. The molecule has 4 nitrogen and oxygen atoms in total. The zero-order valence-electron chi connectivity index (χ0n) is 8.95. The summed E-state index contributed by atoms with van der Waals surface area (Å²) in [6, 6.07) is -0.226. The molecule has 84 valence electrons. The lowest BCUT2D eigenvalue weighted by Crippen LogP contribution is -2.50. The van der Waals surface area contributed by atoms with Gasteiger partial charge in [-0.1, -0.05) is 6.42 Å². The third-order valence-electron chi connectivity index (χ3n) is 3.55. The number of ketones is 1. The summed E-state index contributed by atoms with van der Waals surface area (Å²) in [6.07, 6.45) is 5.48. The van der Waals surface area contributed by atoms with Crippen molar-refractivity contribution in [2.24, 2.45) is 5.73 Å². The van der Waals surface area contributed by atoms with Gasteiger partial charge in [0.2, 0.25) is 5.91 Å². The second-order valence-electron chi connectivity index (χ2n) is 4.53. The summed E-state index contributed by atoms with van der Waals surface area (Å²) in [6.45, 7) is 0.851. The van der Waals surface area contributed by atoms with Gasteiger partial charge >= 0.3 is 0 Å². The van der Waals surface area contributed by atoms with Crippen molar-refractivity contribution in [3.63, 3.8) is 0 Å². The van der Waals surface area contributed by atoms with Gasteiger partial charge in [-0.15, -0.1) is 0 Å². The summed E-state index contributed by atoms with van der Waals surface area (Å²) in [7, 11) is 0. The van der Waals surface area contributed by atoms with E-state index < -0.39 is 0 Å². The van der Waals surface area contributed by atoms with Crippen LogP contribution in [0.25, 0.3) is 0 Å². The molecule has 4 heteroatoms.